The van der Waals surface area contributed by atoms with Crippen molar-refractivity contribution in [1.29, 1.82) is 0 Å². The SMILES string of the molecule is CNC(C)C(O)c1ccccc1.O=C1CCC(C(=O)O)N1. The van der Waals surface area contributed by atoms with E-state index in [1.165, 1.54) is 0 Å². The molecule has 1 aliphatic rings. The smallest absolute Gasteiger partial charge is 0.326 e. The van der Waals surface area contributed by atoms with Crippen LogP contribution in [-0.2, 0) is 9.59 Å². The van der Waals surface area contributed by atoms with Gasteiger partial charge in [-0.2, -0.15) is 0 Å². The van der Waals surface area contributed by atoms with Crippen molar-refractivity contribution in [3.63, 3.8) is 0 Å². The fraction of sp³-hybridized carbons (Fsp3) is 0.467. The molecule has 6 nitrogen and oxygen atoms in total. The van der Waals surface area contributed by atoms with Crippen molar-refractivity contribution in [3.8, 4) is 0 Å². The third-order valence-corrected chi connectivity index (χ3v) is 3.36. The number of carbonyl (C=O) groups is 2. The lowest BCUT2D eigenvalue weighted by atomic mass is 10.0. The molecule has 3 unspecified atom stereocenters. The number of aliphatic hydroxyl groups is 1. The average molecular weight is 294 g/mol. The fourth-order valence-electron chi connectivity index (χ4n) is 1.90. The molecule has 116 valence electrons. The van der Waals surface area contributed by atoms with Crippen molar-refractivity contribution in [1.82, 2.24) is 10.6 Å². The highest BCUT2D eigenvalue weighted by atomic mass is 16.4. The van der Waals surface area contributed by atoms with Gasteiger partial charge >= 0.3 is 5.97 Å². The van der Waals surface area contributed by atoms with E-state index in [1.54, 1.807) is 0 Å². The zero-order valence-electron chi connectivity index (χ0n) is 12.2. The van der Waals surface area contributed by atoms with Crippen LogP contribution in [0.1, 0.15) is 31.4 Å². The van der Waals surface area contributed by atoms with Gasteiger partial charge < -0.3 is 20.8 Å². The summed E-state index contributed by atoms with van der Waals surface area (Å²) in [6.45, 7) is 1.96. The Bertz CT molecular complexity index is 464. The molecule has 0 radical (unpaired) electrons. The number of likely N-dealkylation sites (N-methyl/N-ethyl adjacent to an activating group) is 1. The van der Waals surface area contributed by atoms with Crippen molar-refractivity contribution in [2.75, 3.05) is 7.05 Å². The summed E-state index contributed by atoms with van der Waals surface area (Å²) in [6.07, 6.45) is 0.349. The van der Waals surface area contributed by atoms with Gasteiger partial charge in [-0.3, -0.25) is 4.79 Å². The summed E-state index contributed by atoms with van der Waals surface area (Å²) in [7, 11) is 1.84. The molecule has 6 heteroatoms. The number of amides is 1. The number of aliphatic carboxylic acids is 1. The maximum Gasteiger partial charge on any atom is 0.326 e. The van der Waals surface area contributed by atoms with Crippen LogP contribution in [-0.4, -0.2) is 41.2 Å². The predicted molar refractivity (Wildman–Crippen MR) is 78.7 cm³/mol. The molecule has 2 rings (SSSR count). The number of benzene rings is 1. The Hall–Kier alpha value is -1.92. The topological polar surface area (TPSA) is 98.7 Å². The Labute approximate surface area is 124 Å². The molecular formula is C15H22N2O4. The highest BCUT2D eigenvalue weighted by Gasteiger charge is 2.26. The van der Waals surface area contributed by atoms with Crippen LogP contribution in [0.2, 0.25) is 0 Å². The minimum Gasteiger partial charge on any atom is -0.480 e. The predicted octanol–water partition coefficient (Wildman–Crippen LogP) is 0.677. The lowest BCUT2D eigenvalue weighted by Crippen LogP contribution is -2.32. The van der Waals surface area contributed by atoms with E-state index >= 15 is 0 Å². The largest absolute Gasteiger partial charge is 0.480 e. The minimum absolute atomic E-state index is 0.0902. The molecule has 1 aliphatic heterocycles. The Morgan fingerprint density at radius 3 is 2.38 bits per heavy atom. The van der Waals surface area contributed by atoms with Crippen LogP contribution < -0.4 is 10.6 Å². The second kappa shape index (κ2) is 8.39. The van der Waals surface area contributed by atoms with Crippen molar-refractivity contribution < 1.29 is 19.8 Å². The minimum atomic E-state index is -0.944. The second-order valence-electron chi connectivity index (χ2n) is 4.93. The summed E-state index contributed by atoms with van der Waals surface area (Å²) in [5.74, 6) is -1.11. The van der Waals surface area contributed by atoms with Gasteiger partial charge in [-0.05, 0) is 26.0 Å². The molecule has 1 aromatic rings. The average Bonchev–Trinajstić information content (AvgIpc) is 2.94. The van der Waals surface area contributed by atoms with Crippen molar-refractivity contribution in [2.24, 2.45) is 0 Å². The first-order chi connectivity index (χ1) is 9.95. The number of nitrogens with one attached hydrogen (secondary N) is 2. The second-order valence-corrected chi connectivity index (χ2v) is 4.93. The summed E-state index contributed by atoms with van der Waals surface area (Å²) < 4.78 is 0. The molecule has 0 aromatic heterocycles. The van der Waals surface area contributed by atoms with Crippen LogP contribution in [0.15, 0.2) is 30.3 Å². The number of hydrogen-bond donors (Lipinski definition) is 4. The first kappa shape index (κ1) is 17.1. The van der Waals surface area contributed by atoms with Gasteiger partial charge in [-0.1, -0.05) is 30.3 Å². The van der Waals surface area contributed by atoms with E-state index in [0.717, 1.165) is 5.56 Å². The van der Waals surface area contributed by atoms with Crippen LogP contribution >= 0.6 is 0 Å². The quantitative estimate of drug-likeness (QED) is 0.654. The van der Waals surface area contributed by atoms with E-state index in [9.17, 15) is 14.7 Å². The molecule has 21 heavy (non-hydrogen) atoms. The summed E-state index contributed by atoms with van der Waals surface area (Å²) in [4.78, 5) is 20.5. The standard InChI is InChI=1S/C10H15NO.C5H7NO3/c1-8(11-2)10(12)9-6-4-3-5-7-9;7-4-2-1-3(6-4)5(8)9/h3-8,10-12H,1-2H3;3H,1-2H2,(H,6,7)(H,8,9). The molecule has 1 aromatic carbocycles. The van der Waals surface area contributed by atoms with Crippen LogP contribution in [0.5, 0.6) is 0 Å². The molecule has 1 heterocycles. The zero-order valence-corrected chi connectivity index (χ0v) is 12.2. The van der Waals surface area contributed by atoms with Crippen LogP contribution in [0.3, 0.4) is 0 Å². The van der Waals surface area contributed by atoms with Crippen molar-refractivity contribution in [3.05, 3.63) is 35.9 Å². The number of aliphatic hydroxyl groups excluding tert-OH is 1. The van der Waals surface area contributed by atoms with Crippen molar-refractivity contribution >= 4 is 11.9 Å². The number of hydrogen-bond acceptors (Lipinski definition) is 4. The summed E-state index contributed by atoms with van der Waals surface area (Å²) in [5, 5.41) is 23.4. The highest BCUT2D eigenvalue weighted by molar-refractivity contribution is 5.87. The monoisotopic (exact) mass is 294 g/mol. The number of carboxylic acid groups (broad SMARTS) is 1. The summed E-state index contributed by atoms with van der Waals surface area (Å²) in [5.41, 5.74) is 0.958. The molecule has 4 N–H and O–H groups in total. The first-order valence-electron chi connectivity index (χ1n) is 6.88. The van der Waals surface area contributed by atoms with Gasteiger partial charge in [0.05, 0.1) is 6.10 Å². The van der Waals surface area contributed by atoms with Gasteiger partial charge in [-0.25, -0.2) is 4.79 Å². The first-order valence-corrected chi connectivity index (χ1v) is 6.88. The van der Waals surface area contributed by atoms with E-state index < -0.39 is 18.1 Å². The molecule has 0 bridgehead atoms. The Morgan fingerprint density at radius 1 is 1.38 bits per heavy atom. The van der Waals surface area contributed by atoms with Crippen molar-refractivity contribution in [2.45, 2.75) is 38.0 Å². The third-order valence-electron chi connectivity index (χ3n) is 3.36. The molecular weight excluding hydrogens is 272 g/mol. The molecule has 0 saturated carbocycles. The number of carbonyl (C=O) groups excluding carboxylic acids is 1. The Morgan fingerprint density at radius 2 is 2.00 bits per heavy atom. The lowest BCUT2D eigenvalue weighted by molar-refractivity contribution is -0.140. The van der Waals surface area contributed by atoms with Gasteiger partial charge in [0, 0.05) is 12.5 Å². The highest BCUT2D eigenvalue weighted by Crippen LogP contribution is 2.15. The van der Waals surface area contributed by atoms with Crippen LogP contribution in [0, 0.1) is 0 Å². The molecule has 0 spiro atoms. The summed E-state index contributed by atoms with van der Waals surface area (Å²) in [6, 6.07) is 9.11. The molecule has 0 aliphatic carbocycles. The molecule has 3 atom stereocenters. The van der Waals surface area contributed by atoms with E-state index in [1.807, 2.05) is 44.3 Å². The molecule has 1 saturated heterocycles. The molecule has 1 amide bonds. The van der Waals surface area contributed by atoms with Gasteiger partial charge in [0.25, 0.3) is 0 Å². The zero-order chi connectivity index (χ0) is 15.8. The normalized spacial score (nSPS) is 20.0. The van der Waals surface area contributed by atoms with Gasteiger partial charge in [0.1, 0.15) is 6.04 Å². The molecule has 1 fully saturated rings. The fourth-order valence-corrected chi connectivity index (χ4v) is 1.90. The van der Waals surface area contributed by atoms with Gasteiger partial charge in [-0.15, -0.1) is 0 Å². The van der Waals surface area contributed by atoms with E-state index in [0.29, 0.717) is 12.8 Å². The maximum atomic E-state index is 10.4. The Kier molecular flexibility index (Phi) is 6.84. The van der Waals surface area contributed by atoms with E-state index in [2.05, 4.69) is 10.6 Å². The third kappa shape index (κ3) is 5.53. The maximum absolute atomic E-state index is 10.4. The van der Waals surface area contributed by atoms with Gasteiger partial charge in [0.2, 0.25) is 5.91 Å². The number of rotatable bonds is 4. The Balaban J connectivity index is 0.000000219. The van der Waals surface area contributed by atoms with E-state index in [4.69, 9.17) is 5.11 Å². The number of carboxylic acids is 1. The van der Waals surface area contributed by atoms with Crippen LogP contribution in [0.4, 0.5) is 0 Å². The summed E-state index contributed by atoms with van der Waals surface area (Å²) >= 11 is 0. The van der Waals surface area contributed by atoms with E-state index in [-0.39, 0.29) is 11.9 Å². The lowest BCUT2D eigenvalue weighted by Gasteiger charge is -2.17. The van der Waals surface area contributed by atoms with Crippen LogP contribution in [0.25, 0.3) is 0 Å². The van der Waals surface area contributed by atoms with Gasteiger partial charge in [0.15, 0.2) is 0 Å².